The third-order valence-electron chi connectivity index (χ3n) is 6.63. The van der Waals surface area contributed by atoms with Crippen LogP contribution in [0.1, 0.15) is 24.1 Å². The Kier molecular flexibility index (Phi) is 7.09. The van der Waals surface area contributed by atoms with Crippen LogP contribution >= 0.6 is 0 Å². The number of hydrogen-bond donors (Lipinski definition) is 1. The first-order chi connectivity index (χ1) is 17.6. The standard InChI is InChI=1S/C29H30N4O3/c1-36-24-13-11-23(12-14-24)33-27-10-6-5-9-25(27)31-26(29(33)35)15-16-28(34)30-22-17-18-32(20-22)19-21-7-3-2-4-8-21/h2-14,22H,15-20H2,1H3,(H,30,34). The van der Waals surface area contributed by atoms with Crippen molar-refractivity contribution in [1.82, 2.24) is 19.8 Å². The van der Waals surface area contributed by atoms with Crippen molar-refractivity contribution in [3.8, 4) is 11.4 Å². The second-order valence-electron chi connectivity index (χ2n) is 9.16. The molecule has 0 radical (unpaired) electrons. The number of amides is 1. The maximum absolute atomic E-state index is 13.4. The Labute approximate surface area is 210 Å². The SMILES string of the molecule is COc1ccc(-n2c(=O)c(CCC(=O)NC3CCN(Cc4ccccc4)C3)nc3ccccc32)cc1. The number of fused-ring (bicyclic) bond motifs is 1. The molecule has 1 fully saturated rings. The van der Waals surface area contributed by atoms with Gasteiger partial charge in [-0.15, -0.1) is 0 Å². The van der Waals surface area contributed by atoms with E-state index in [2.05, 4.69) is 27.3 Å². The molecule has 5 rings (SSSR count). The van der Waals surface area contributed by atoms with Crippen LogP contribution in [0.5, 0.6) is 5.75 Å². The van der Waals surface area contributed by atoms with Crippen LogP contribution < -0.4 is 15.6 Å². The van der Waals surface area contributed by atoms with Gasteiger partial charge in [0.25, 0.3) is 5.56 Å². The Morgan fingerprint density at radius 3 is 2.56 bits per heavy atom. The Hall–Kier alpha value is -3.97. The van der Waals surface area contributed by atoms with Crippen molar-refractivity contribution in [2.24, 2.45) is 0 Å². The second-order valence-corrected chi connectivity index (χ2v) is 9.16. The summed E-state index contributed by atoms with van der Waals surface area (Å²) in [4.78, 5) is 33.2. The second kappa shape index (κ2) is 10.7. The topological polar surface area (TPSA) is 76.5 Å². The number of likely N-dealkylation sites (tertiary alicyclic amines) is 1. The Morgan fingerprint density at radius 2 is 1.78 bits per heavy atom. The van der Waals surface area contributed by atoms with Crippen molar-refractivity contribution in [3.05, 3.63) is 100 Å². The molecule has 36 heavy (non-hydrogen) atoms. The van der Waals surface area contributed by atoms with E-state index in [1.54, 1.807) is 11.7 Å². The number of ether oxygens (including phenoxy) is 1. The van der Waals surface area contributed by atoms with Gasteiger partial charge in [0.15, 0.2) is 0 Å². The van der Waals surface area contributed by atoms with Gasteiger partial charge in [-0.3, -0.25) is 19.1 Å². The van der Waals surface area contributed by atoms with Crippen LogP contribution in [-0.2, 0) is 17.8 Å². The van der Waals surface area contributed by atoms with Crippen molar-refractivity contribution < 1.29 is 9.53 Å². The molecule has 7 heteroatoms. The average Bonchev–Trinajstić information content (AvgIpc) is 3.34. The zero-order valence-electron chi connectivity index (χ0n) is 20.4. The zero-order valence-corrected chi connectivity index (χ0v) is 20.4. The Balaban J connectivity index is 1.27. The van der Waals surface area contributed by atoms with Crippen molar-refractivity contribution in [3.63, 3.8) is 0 Å². The number of para-hydroxylation sites is 2. The third kappa shape index (κ3) is 5.31. The lowest BCUT2D eigenvalue weighted by Crippen LogP contribution is -2.37. The lowest BCUT2D eigenvalue weighted by atomic mass is 10.2. The van der Waals surface area contributed by atoms with Crippen molar-refractivity contribution >= 4 is 16.9 Å². The fraction of sp³-hybridized carbons (Fsp3) is 0.276. The molecule has 1 aliphatic rings. The Morgan fingerprint density at radius 1 is 1.03 bits per heavy atom. The van der Waals surface area contributed by atoms with Crippen LogP contribution in [0.3, 0.4) is 0 Å². The highest BCUT2D eigenvalue weighted by molar-refractivity contribution is 5.78. The molecule has 0 aliphatic carbocycles. The number of hydrogen-bond acceptors (Lipinski definition) is 5. The van der Waals surface area contributed by atoms with E-state index in [0.29, 0.717) is 5.69 Å². The first-order valence-electron chi connectivity index (χ1n) is 12.3. The summed E-state index contributed by atoms with van der Waals surface area (Å²) in [5.41, 5.74) is 3.63. The number of aromatic nitrogens is 2. The molecule has 7 nitrogen and oxygen atoms in total. The summed E-state index contributed by atoms with van der Waals surface area (Å²) in [6.07, 6.45) is 1.43. The van der Waals surface area contributed by atoms with Crippen molar-refractivity contribution in [2.75, 3.05) is 20.2 Å². The molecule has 1 unspecified atom stereocenters. The number of rotatable bonds is 8. The van der Waals surface area contributed by atoms with Crippen molar-refractivity contribution in [2.45, 2.75) is 31.8 Å². The minimum Gasteiger partial charge on any atom is -0.497 e. The summed E-state index contributed by atoms with van der Waals surface area (Å²) >= 11 is 0. The smallest absolute Gasteiger partial charge is 0.277 e. The van der Waals surface area contributed by atoms with Gasteiger partial charge in [0.05, 0.1) is 18.1 Å². The minimum absolute atomic E-state index is 0.0492. The van der Waals surface area contributed by atoms with Gasteiger partial charge in [0, 0.05) is 44.2 Å². The first kappa shape index (κ1) is 23.8. The van der Waals surface area contributed by atoms with Crippen LogP contribution in [0.15, 0.2) is 83.7 Å². The van der Waals surface area contributed by atoms with Gasteiger partial charge in [-0.25, -0.2) is 4.98 Å². The molecule has 3 aromatic carbocycles. The van der Waals surface area contributed by atoms with E-state index >= 15 is 0 Å². The predicted octanol–water partition coefficient (Wildman–Crippen LogP) is 3.72. The number of carbonyl (C=O) groups is 1. The summed E-state index contributed by atoms with van der Waals surface area (Å²) in [6.45, 7) is 2.68. The van der Waals surface area contributed by atoms with E-state index in [4.69, 9.17) is 4.74 Å². The quantitative estimate of drug-likeness (QED) is 0.414. The lowest BCUT2D eigenvalue weighted by Gasteiger charge is -2.17. The van der Waals surface area contributed by atoms with Gasteiger partial charge in [-0.2, -0.15) is 0 Å². The summed E-state index contributed by atoms with van der Waals surface area (Å²) in [5, 5.41) is 3.15. The monoisotopic (exact) mass is 482 g/mol. The average molecular weight is 483 g/mol. The third-order valence-corrected chi connectivity index (χ3v) is 6.63. The fourth-order valence-corrected chi connectivity index (χ4v) is 4.80. The highest BCUT2D eigenvalue weighted by Crippen LogP contribution is 2.19. The maximum atomic E-state index is 13.4. The first-order valence-corrected chi connectivity index (χ1v) is 12.3. The minimum atomic E-state index is -0.207. The molecule has 1 N–H and O–H groups in total. The van der Waals surface area contributed by atoms with Gasteiger partial charge in [-0.1, -0.05) is 42.5 Å². The number of nitrogens with zero attached hydrogens (tertiary/aromatic N) is 3. The highest BCUT2D eigenvalue weighted by Gasteiger charge is 2.24. The molecular weight excluding hydrogens is 452 g/mol. The van der Waals surface area contributed by atoms with Gasteiger partial charge in [-0.05, 0) is 48.4 Å². The van der Waals surface area contributed by atoms with Crippen LogP contribution in [-0.4, -0.2) is 46.6 Å². The number of carbonyl (C=O) groups excluding carboxylic acids is 1. The fourth-order valence-electron chi connectivity index (χ4n) is 4.80. The Bertz CT molecular complexity index is 1400. The number of benzene rings is 3. The molecule has 0 spiro atoms. The largest absolute Gasteiger partial charge is 0.497 e. The van der Waals surface area contributed by atoms with Crippen LogP contribution in [0.4, 0.5) is 0 Å². The summed E-state index contributed by atoms with van der Waals surface area (Å²) < 4.78 is 6.92. The molecule has 1 atom stereocenters. The van der Waals surface area contributed by atoms with Gasteiger partial charge in [0.2, 0.25) is 5.91 Å². The van der Waals surface area contributed by atoms with E-state index in [-0.39, 0.29) is 30.3 Å². The van der Waals surface area contributed by atoms with Gasteiger partial charge >= 0.3 is 0 Å². The molecule has 1 saturated heterocycles. The van der Waals surface area contributed by atoms with Gasteiger partial charge < -0.3 is 10.1 Å². The van der Waals surface area contributed by atoms with Crippen molar-refractivity contribution in [1.29, 1.82) is 0 Å². The van der Waals surface area contributed by atoms with E-state index in [9.17, 15) is 9.59 Å². The molecule has 1 aromatic heterocycles. The molecule has 1 amide bonds. The number of aryl methyl sites for hydroxylation is 1. The van der Waals surface area contributed by atoms with Gasteiger partial charge in [0.1, 0.15) is 11.4 Å². The molecule has 1 aliphatic heterocycles. The lowest BCUT2D eigenvalue weighted by molar-refractivity contribution is -0.121. The summed E-state index contributed by atoms with van der Waals surface area (Å²) in [6, 6.07) is 25.4. The van der Waals surface area contributed by atoms with Crippen LogP contribution in [0.25, 0.3) is 16.7 Å². The highest BCUT2D eigenvalue weighted by atomic mass is 16.5. The number of methoxy groups -OCH3 is 1. The molecule has 0 bridgehead atoms. The van der Waals surface area contributed by atoms with E-state index in [0.717, 1.165) is 48.5 Å². The molecule has 0 saturated carbocycles. The van der Waals surface area contributed by atoms with E-state index in [1.165, 1.54) is 5.56 Å². The summed E-state index contributed by atoms with van der Waals surface area (Å²) in [7, 11) is 1.61. The summed E-state index contributed by atoms with van der Waals surface area (Å²) in [5.74, 6) is 0.670. The van der Waals surface area contributed by atoms with E-state index in [1.807, 2.05) is 66.7 Å². The maximum Gasteiger partial charge on any atom is 0.277 e. The zero-order chi connectivity index (χ0) is 24.9. The van der Waals surface area contributed by atoms with Crippen LogP contribution in [0.2, 0.25) is 0 Å². The van der Waals surface area contributed by atoms with Crippen LogP contribution in [0, 0.1) is 0 Å². The predicted molar refractivity (Wildman–Crippen MR) is 140 cm³/mol. The normalized spacial score (nSPS) is 15.8. The molecule has 184 valence electrons. The van der Waals surface area contributed by atoms with E-state index < -0.39 is 0 Å². The number of nitrogens with one attached hydrogen (secondary N) is 1. The molecular formula is C29H30N4O3. The molecule has 2 heterocycles. The molecule has 4 aromatic rings.